The van der Waals surface area contributed by atoms with Crippen LogP contribution < -0.4 is 0 Å². The summed E-state index contributed by atoms with van der Waals surface area (Å²) >= 11 is 3.29. The topological polar surface area (TPSA) is 57.5 Å². The lowest BCUT2D eigenvalue weighted by Gasteiger charge is -2.03. The Morgan fingerprint density at radius 2 is 1.62 bits per heavy atom. The third-order valence-corrected chi connectivity index (χ3v) is 2.99. The minimum atomic E-state index is -3.92. The molecule has 0 atom stereocenters. The van der Waals surface area contributed by atoms with Gasteiger partial charge in [0.15, 0.2) is 0 Å². The molecule has 0 saturated heterocycles. The second kappa shape index (κ2) is 4.38. The van der Waals surface area contributed by atoms with Gasteiger partial charge in [0, 0.05) is 5.33 Å². The summed E-state index contributed by atoms with van der Waals surface area (Å²) in [4.78, 5) is 17.4. The van der Waals surface area contributed by atoms with Crippen molar-refractivity contribution in [1.82, 2.24) is 0 Å². The number of halogens is 1. The quantitative estimate of drug-likeness (QED) is 0.651. The van der Waals surface area contributed by atoms with E-state index < -0.39 is 7.60 Å². The minimum Gasteiger partial charge on any atom is -0.324 e. The predicted octanol–water partition coefficient (Wildman–Crippen LogP) is 2.26. The molecule has 0 fully saturated rings. The summed E-state index contributed by atoms with van der Waals surface area (Å²) in [5, 5.41) is 0.753. The molecule has 5 heteroatoms. The molecule has 0 aliphatic rings. The van der Waals surface area contributed by atoms with E-state index in [0.717, 1.165) is 10.9 Å². The van der Waals surface area contributed by atoms with Gasteiger partial charge in [-0.05, 0) is 11.1 Å². The molecule has 3 nitrogen and oxygen atoms in total. The standard InChI is InChI=1S/C8H10BrO3P/c9-5-7-1-3-8(4-2-7)6-13(10,11)12/h1-4H,5-6H2,(H2,10,11,12). The fraction of sp³-hybridized carbons (Fsp3) is 0.250. The Bertz CT molecular complexity index is 317. The summed E-state index contributed by atoms with van der Waals surface area (Å²) in [5.41, 5.74) is 1.76. The average molecular weight is 265 g/mol. The van der Waals surface area contributed by atoms with Crippen LogP contribution in [0.2, 0.25) is 0 Å². The molecule has 0 aliphatic heterocycles. The maximum absolute atomic E-state index is 10.6. The van der Waals surface area contributed by atoms with Crippen molar-refractivity contribution in [3.63, 3.8) is 0 Å². The van der Waals surface area contributed by atoms with Crippen molar-refractivity contribution in [1.29, 1.82) is 0 Å². The lowest BCUT2D eigenvalue weighted by Crippen LogP contribution is -1.87. The zero-order valence-corrected chi connectivity index (χ0v) is 9.33. The number of alkyl halides is 1. The fourth-order valence-electron chi connectivity index (χ4n) is 0.972. The Kier molecular flexibility index (Phi) is 3.68. The molecule has 0 aromatic heterocycles. The molecule has 1 rings (SSSR count). The fourth-order valence-corrected chi connectivity index (χ4v) is 2.03. The van der Waals surface area contributed by atoms with Crippen molar-refractivity contribution in [2.45, 2.75) is 11.5 Å². The smallest absolute Gasteiger partial charge is 0.324 e. The van der Waals surface area contributed by atoms with Gasteiger partial charge in [-0.1, -0.05) is 40.2 Å². The number of benzene rings is 1. The molecular weight excluding hydrogens is 255 g/mol. The van der Waals surface area contributed by atoms with E-state index in [0.29, 0.717) is 5.56 Å². The Balaban J connectivity index is 2.76. The van der Waals surface area contributed by atoms with Crippen molar-refractivity contribution >= 4 is 23.5 Å². The lowest BCUT2D eigenvalue weighted by atomic mass is 10.2. The van der Waals surface area contributed by atoms with Crippen molar-refractivity contribution in [2.75, 3.05) is 0 Å². The van der Waals surface area contributed by atoms with Crippen LogP contribution in [0.25, 0.3) is 0 Å². The van der Waals surface area contributed by atoms with E-state index in [-0.39, 0.29) is 6.16 Å². The molecule has 72 valence electrons. The molecule has 0 spiro atoms. The lowest BCUT2D eigenvalue weighted by molar-refractivity contribution is 0.371. The minimum absolute atomic E-state index is 0.185. The molecule has 2 N–H and O–H groups in total. The van der Waals surface area contributed by atoms with Gasteiger partial charge in [0.25, 0.3) is 0 Å². The van der Waals surface area contributed by atoms with Gasteiger partial charge in [0.05, 0.1) is 6.16 Å². The monoisotopic (exact) mass is 264 g/mol. The molecule has 1 aromatic rings. The molecule has 0 bridgehead atoms. The van der Waals surface area contributed by atoms with E-state index in [9.17, 15) is 4.57 Å². The average Bonchev–Trinajstić information content (AvgIpc) is 2.03. The van der Waals surface area contributed by atoms with Crippen molar-refractivity contribution in [3.8, 4) is 0 Å². The third kappa shape index (κ3) is 4.05. The highest BCUT2D eigenvalue weighted by atomic mass is 79.9. The van der Waals surface area contributed by atoms with E-state index in [1.54, 1.807) is 12.1 Å². The molecule has 0 aliphatic carbocycles. The zero-order valence-electron chi connectivity index (χ0n) is 6.85. The summed E-state index contributed by atoms with van der Waals surface area (Å²) in [6.45, 7) is 0. The van der Waals surface area contributed by atoms with E-state index in [2.05, 4.69) is 15.9 Å². The maximum Gasteiger partial charge on any atom is 0.329 e. The predicted molar refractivity (Wildman–Crippen MR) is 54.8 cm³/mol. The van der Waals surface area contributed by atoms with Gasteiger partial charge in [0.1, 0.15) is 0 Å². The molecule has 0 unspecified atom stereocenters. The summed E-state index contributed by atoms with van der Waals surface area (Å²) in [5.74, 6) is 0. The molecule has 0 amide bonds. The number of hydrogen-bond acceptors (Lipinski definition) is 1. The maximum atomic E-state index is 10.6. The van der Waals surface area contributed by atoms with Crippen molar-refractivity contribution in [2.24, 2.45) is 0 Å². The van der Waals surface area contributed by atoms with Gasteiger partial charge in [0.2, 0.25) is 0 Å². The van der Waals surface area contributed by atoms with Crippen LogP contribution in [-0.4, -0.2) is 9.79 Å². The van der Waals surface area contributed by atoms with Gasteiger partial charge in [-0.2, -0.15) is 0 Å². The van der Waals surface area contributed by atoms with Crippen LogP contribution in [-0.2, 0) is 16.1 Å². The molecular formula is C8H10BrO3P. The molecule has 0 saturated carbocycles. The first kappa shape index (κ1) is 10.9. The molecule has 1 aromatic carbocycles. The highest BCUT2D eigenvalue weighted by Gasteiger charge is 2.13. The third-order valence-electron chi connectivity index (χ3n) is 1.57. The molecule has 0 radical (unpaired) electrons. The van der Waals surface area contributed by atoms with Crippen molar-refractivity contribution in [3.05, 3.63) is 35.4 Å². The molecule has 0 heterocycles. The van der Waals surface area contributed by atoms with Crippen molar-refractivity contribution < 1.29 is 14.4 Å². The summed E-state index contributed by atoms with van der Waals surface area (Å²) in [6.07, 6.45) is -0.185. The van der Waals surface area contributed by atoms with Crippen LogP contribution in [0.1, 0.15) is 11.1 Å². The van der Waals surface area contributed by atoms with E-state index in [1.807, 2.05) is 12.1 Å². The first-order chi connectivity index (χ1) is 6.01. The Labute approximate surface area is 85.1 Å². The van der Waals surface area contributed by atoms with Crippen LogP contribution >= 0.6 is 23.5 Å². The molecule has 13 heavy (non-hydrogen) atoms. The summed E-state index contributed by atoms with van der Waals surface area (Å²) in [6, 6.07) is 7.16. The first-order valence-corrected chi connectivity index (χ1v) is 6.61. The van der Waals surface area contributed by atoms with Gasteiger partial charge in [-0.15, -0.1) is 0 Å². The van der Waals surface area contributed by atoms with Gasteiger partial charge in [-0.25, -0.2) is 0 Å². The Morgan fingerprint density at radius 1 is 1.15 bits per heavy atom. The zero-order chi connectivity index (χ0) is 9.90. The number of hydrogen-bond donors (Lipinski definition) is 2. The van der Waals surface area contributed by atoms with E-state index in [1.165, 1.54) is 0 Å². The van der Waals surface area contributed by atoms with Crippen LogP contribution in [0.5, 0.6) is 0 Å². The summed E-state index contributed by atoms with van der Waals surface area (Å²) < 4.78 is 10.6. The largest absolute Gasteiger partial charge is 0.329 e. The van der Waals surface area contributed by atoms with Gasteiger partial charge in [-0.3, -0.25) is 4.57 Å². The second-order valence-electron chi connectivity index (χ2n) is 2.77. The van der Waals surface area contributed by atoms with E-state index in [4.69, 9.17) is 9.79 Å². The summed E-state index contributed by atoms with van der Waals surface area (Å²) in [7, 11) is -3.92. The first-order valence-electron chi connectivity index (χ1n) is 3.69. The Morgan fingerprint density at radius 3 is 2.00 bits per heavy atom. The normalized spacial score (nSPS) is 11.6. The number of rotatable bonds is 3. The highest BCUT2D eigenvalue weighted by Crippen LogP contribution is 2.38. The van der Waals surface area contributed by atoms with E-state index >= 15 is 0 Å². The second-order valence-corrected chi connectivity index (χ2v) is 4.98. The van der Waals surface area contributed by atoms with Gasteiger partial charge < -0.3 is 9.79 Å². The van der Waals surface area contributed by atoms with Crippen LogP contribution in [0, 0.1) is 0 Å². The highest BCUT2D eigenvalue weighted by molar-refractivity contribution is 9.08. The van der Waals surface area contributed by atoms with Crippen LogP contribution in [0.3, 0.4) is 0 Å². The Hall–Kier alpha value is -0.150. The van der Waals surface area contributed by atoms with Gasteiger partial charge >= 0.3 is 7.60 Å². The SMILES string of the molecule is O=P(O)(O)Cc1ccc(CBr)cc1. The van der Waals surface area contributed by atoms with Crippen LogP contribution in [0.4, 0.5) is 0 Å². The van der Waals surface area contributed by atoms with Crippen LogP contribution in [0.15, 0.2) is 24.3 Å².